The number of aliphatic carboxylic acids is 1. The van der Waals surface area contributed by atoms with Crippen molar-refractivity contribution in [1.82, 2.24) is 10.2 Å². The Labute approximate surface area is 120 Å². The second-order valence-corrected chi connectivity index (χ2v) is 5.34. The Morgan fingerprint density at radius 2 is 1.75 bits per heavy atom. The Kier molecular flexibility index (Phi) is 6.78. The molecule has 1 rings (SSSR count). The van der Waals surface area contributed by atoms with Gasteiger partial charge in [0.1, 0.15) is 0 Å². The number of rotatable bonds is 7. The zero-order valence-corrected chi connectivity index (χ0v) is 12.5. The minimum Gasteiger partial charge on any atom is -0.481 e. The van der Waals surface area contributed by atoms with Crippen molar-refractivity contribution in [2.24, 2.45) is 5.41 Å². The van der Waals surface area contributed by atoms with E-state index >= 15 is 0 Å². The maximum absolute atomic E-state index is 12.1. The van der Waals surface area contributed by atoms with Crippen LogP contribution in [-0.2, 0) is 9.53 Å². The van der Waals surface area contributed by atoms with Crippen LogP contribution >= 0.6 is 0 Å². The van der Waals surface area contributed by atoms with E-state index in [9.17, 15) is 14.7 Å². The number of amides is 2. The van der Waals surface area contributed by atoms with E-state index < -0.39 is 11.4 Å². The highest BCUT2D eigenvalue weighted by molar-refractivity contribution is 5.78. The molecule has 0 bridgehead atoms. The average Bonchev–Trinajstić information content (AvgIpc) is 2.45. The fourth-order valence-electron chi connectivity index (χ4n) is 2.44. The minimum atomic E-state index is -0.877. The molecular weight excluding hydrogens is 260 g/mol. The van der Waals surface area contributed by atoms with Crippen LogP contribution in [0.1, 0.15) is 39.5 Å². The van der Waals surface area contributed by atoms with Crippen molar-refractivity contribution in [3.63, 3.8) is 0 Å². The van der Waals surface area contributed by atoms with Crippen LogP contribution in [0.2, 0.25) is 0 Å². The topological polar surface area (TPSA) is 78.9 Å². The first-order chi connectivity index (χ1) is 9.55. The number of carbonyl (C=O) groups excluding carboxylic acids is 1. The molecule has 20 heavy (non-hydrogen) atoms. The largest absolute Gasteiger partial charge is 0.481 e. The van der Waals surface area contributed by atoms with Crippen LogP contribution in [0.4, 0.5) is 4.79 Å². The summed E-state index contributed by atoms with van der Waals surface area (Å²) in [7, 11) is 0. The molecule has 1 heterocycles. The molecule has 0 aliphatic carbocycles. The van der Waals surface area contributed by atoms with Crippen LogP contribution in [0.5, 0.6) is 0 Å². The van der Waals surface area contributed by atoms with Gasteiger partial charge in [-0.15, -0.1) is 0 Å². The number of nitrogens with zero attached hydrogens (tertiary/aromatic N) is 1. The zero-order valence-electron chi connectivity index (χ0n) is 12.5. The molecule has 116 valence electrons. The number of nitrogens with one attached hydrogen (secondary N) is 1. The summed E-state index contributed by atoms with van der Waals surface area (Å²) < 4.78 is 5.22. The predicted molar refractivity (Wildman–Crippen MR) is 75.7 cm³/mol. The lowest BCUT2D eigenvalue weighted by Gasteiger charge is -2.34. The number of carboxylic acid groups (broad SMARTS) is 1. The van der Waals surface area contributed by atoms with Gasteiger partial charge in [0.05, 0.1) is 5.41 Å². The fourth-order valence-corrected chi connectivity index (χ4v) is 2.44. The van der Waals surface area contributed by atoms with E-state index in [4.69, 9.17) is 4.74 Å². The van der Waals surface area contributed by atoms with Crippen molar-refractivity contribution in [3.05, 3.63) is 0 Å². The molecule has 6 heteroatoms. The molecule has 0 saturated carbocycles. The molecule has 1 aliphatic rings. The molecule has 0 atom stereocenters. The molecule has 0 unspecified atom stereocenters. The lowest BCUT2D eigenvalue weighted by atomic mass is 9.80. The van der Waals surface area contributed by atoms with E-state index in [1.54, 1.807) is 4.90 Å². The molecule has 6 nitrogen and oxygen atoms in total. The Bertz CT molecular complexity index is 321. The summed E-state index contributed by atoms with van der Waals surface area (Å²) in [5.74, 6) is -0.848. The molecule has 1 saturated heterocycles. The van der Waals surface area contributed by atoms with Gasteiger partial charge in [0, 0.05) is 32.8 Å². The van der Waals surface area contributed by atoms with Gasteiger partial charge in [-0.3, -0.25) is 4.79 Å². The Morgan fingerprint density at radius 3 is 2.20 bits per heavy atom. The predicted octanol–water partition coefficient (Wildman–Crippen LogP) is 1.70. The number of carbonyl (C=O) groups is 2. The van der Waals surface area contributed by atoms with Crippen LogP contribution < -0.4 is 5.32 Å². The van der Waals surface area contributed by atoms with E-state index in [1.807, 2.05) is 13.8 Å². The Morgan fingerprint density at radius 1 is 1.20 bits per heavy atom. The van der Waals surface area contributed by atoms with Crippen molar-refractivity contribution in [3.8, 4) is 0 Å². The number of hydrogen-bond donors (Lipinski definition) is 2. The molecular formula is C14H26N2O4. The first-order valence-electron chi connectivity index (χ1n) is 7.39. The van der Waals surface area contributed by atoms with Crippen LogP contribution in [0.3, 0.4) is 0 Å². The van der Waals surface area contributed by atoms with Crippen LogP contribution in [0, 0.1) is 5.41 Å². The van der Waals surface area contributed by atoms with E-state index in [-0.39, 0.29) is 12.6 Å². The van der Waals surface area contributed by atoms with Crippen LogP contribution in [0.25, 0.3) is 0 Å². The summed E-state index contributed by atoms with van der Waals surface area (Å²) in [5, 5.41) is 12.2. The van der Waals surface area contributed by atoms with Crippen molar-refractivity contribution in [1.29, 1.82) is 0 Å². The van der Waals surface area contributed by atoms with Gasteiger partial charge in [-0.25, -0.2) is 4.79 Å². The number of hydrogen-bond acceptors (Lipinski definition) is 3. The smallest absolute Gasteiger partial charge is 0.317 e. The number of carboxylic acids is 1. The summed E-state index contributed by atoms with van der Waals surface area (Å²) in [4.78, 5) is 25.4. The van der Waals surface area contributed by atoms with E-state index in [0.29, 0.717) is 39.1 Å². The molecule has 1 fully saturated rings. The lowest BCUT2D eigenvalue weighted by Crippen LogP contribution is -2.50. The SMILES string of the molecule is CCCN(CCC)C(=O)NCC1(C(=O)O)CCOCC1. The zero-order chi connectivity index (χ0) is 15.0. The Balaban J connectivity index is 2.57. The first-order valence-corrected chi connectivity index (χ1v) is 7.39. The third-order valence-electron chi connectivity index (χ3n) is 3.76. The number of ether oxygens (including phenoxy) is 1. The van der Waals surface area contributed by atoms with Crippen molar-refractivity contribution in [2.45, 2.75) is 39.5 Å². The van der Waals surface area contributed by atoms with Crippen molar-refractivity contribution in [2.75, 3.05) is 32.8 Å². The summed E-state index contributed by atoms with van der Waals surface area (Å²) >= 11 is 0. The van der Waals surface area contributed by atoms with Gasteiger partial charge >= 0.3 is 12.0 Å². The standard InChI is InChI=1S/C14H26N2O4/c1-3-7-16(8-4-2)13(19)15-11-14(12(17)18)5-9-20-10-6-14/h3-11H2,1-2H3,(H,15,19)(H,17,18). The highest BCUT2D eigenvalue weighted by atomic mass is 16.5. The van der Waals surface area contributed by atoms with Gasteiger partial charge in [0.2, 0.25) is 0 Å². The maximum Gasteiger partial charge on any atom is 0.317 e. The maximum atomic E-state index is 12.1. The molecule has 1 aliphatic heterocycles. The summed E-state index contributed by atoms with van der Waals surface area (Å²) in [6, 6.07) is -0.166. The van der Waals surface area contributed by atoms with Gasteiger partial charge in [0.25, 0.3) is 0 Å². The molecule has 0 spiro atoms. The van der Waals surface area contributed by atoms with E-state index in [0.717, 1.165) is 12.8 Å². The fraction of sp³-hybridized carbons (Fsp3) is 0.857. The van der Waals surface area contributed by atoms with E-state index in [1.165, 1.54) is 0 Å². The first kappa shape index (κ1) is 16.8. The van der Waals surface area contributed by atoms with Crippen LogP contribution in [-0.4, -0.2) is 54.9 Å². The summed E-state index contributed by atoms with van der Waals surface area (Å²) in [6.07, 6.45) is 2.69. The summed E-state index contributed by atoms with van der Waals surface area (Å²) in [6.45, 7) is 6.49. The van der Waals surface area contributed by atoms with Crippen molar-refractivity contribution >= 4 is 12.0 Å². The quantitative estimate of drug-likeness (QED) is 0.746. The average molecular weight is 286 g/mol. The molecule has 2 N–H and O–H groups in total. The molecule has 0 aromatic rings. The number of urea groups is 1. The highest BCUT2D eigenvalue weighted by Gasteiger charge is 2.40. The second kappa shape index (κ2) is 8.09. The van der Waals surface area contributed by atoms with Crippen molar-refractivity contribution < 1.29 is 19.4 Å². The van der Waals surface area contributed by atoms with Crippen LogP contribution in [0.15, 0.2) is 0 Å². The van der Waals surface area contributed by atoms with Gasteiger partial charge in [-0.1, -0.05) is 13.8 Å². The monoisotopic (exact) mass is 286 g/mol. The second-order valence-electron chi connectivity index (χ2n) is 5.34. The summed E-state index contributed by atoms with van der Waals surface area (Å²) in [5.41, 5.74) is -0.877. The van der Waals surface area contributed by atoms with Gasteiger partial charge < -0.3 is 20.1 Å². The van der Waals surface area contributed by atoms with E-state index in [2.05, 4.69) is 5.32 Å². The molecule has 0 radical (unpaired) electrons. The third kappa shape index (κ3) is 4.37. The van der Waals surface area contributed by atoms with Gasteiger partial charge in [-0.2, -0.15) is 0 Å². The van der Waals surface area contributed by atoms with Gasteiger partial charge in [0.15, 0.2) is 0 Å². The Hall–Kier alpha value is -1.30. The minimum absolute atomic E-state index is 0.166. The normalized spacial score (nSPS) is 17.5. The molecule has 0 aromatic carbocycles. The van der Waals surface area contributed by atoms with Gasteiger partial charge in [-0.05, 0) is 25.7 Å². The molecule has 2 amide bonds. The third-order valence-corrected chi connectivity index (χ3v) is 3.76. The highest BCUT2D eigenvalue weighted by Crippen LogP contribution is 2.30. The lowest BCUT2D eigenvalue weighted by molar-refractivity contribution is -0.154. The molecule has 0 aromatic heterocycles.